The summed E-state index contributed by atoms with van der Waals surface area (Å²) in [5.74, 6) is 0. The van der Waals surface area contributed by atoms with E-state index in [-0.39, 0.29) is 0 Å². The molecule has 13 heavy (non-hydrogen) atoms. The molecule has 0 spiro atoms. The monoisotopic (exact) mass is 195 g/mol. The molecule has 2 rings (SSSR count). The Kier molecular flexibility index (Phi) is 1.77. The number of aryl methyl sites for hydroxylation is 3. The predicted molar refractivity (Wildman–Crippen MR) is 52.2 cm³/mol. The zero-order valence-electron chi connectivity index (χ0n) is 7.80. The Morgan fingerprint density at radius 2 is 2.00 bits per heavy atom. The Morgan fingerprint density at radius 3 is 2.69 bits per heavy atom. The molecule has 2 heterocycles. The van der Waals surface area contributed by atoms with Crippen LogP contribution >= 0.6 is 11.6 Å². The van der Waals surface area contributed by atoms with Crippen LogP contribution in [0.1, 0.15) is 17.0 Å². The second-order valence-electron chi connectivity index (χ2n) is 3.19. The summed E-state index contributed by atoms with van der Waals surface area (Å²) in [5.41, 5.74) is 3.83. The summed E-state index contributed by atoms with van der Waals surface area (Å²) in [4.78, 5) is 4.37. The molecular formula is C9H10ClN3. The van der Waals surface area contributed by atoms with Gasteiger partial charge in [0.05, 0.1) is 0 Å². The van der Waals surface area contributed by atoms with Crippen LogP contribution in [0, 0.1) is 20.8 Å². The second-order valence-corrected chi connectivity index (χ2v) is 3.55. The highest BCUT2D eigenvalue weighted by molar-refractivity contribution is 6.30. The molecule has 2 aromatic rings. The van der Waals surface area contributed by atoms with Crippen LogP contribution in [-0.2, 0) is 0 Å². The molecular weight excluding hydrogens is 186 g/mol. The number of aromatic nitrogens is 3. The summed E-state index contributed by atoms with van der Waals surface area (Å²) in [6, 6.07) is 1.98. The zero-order chi connectivity index (χ0) is 9.59. The molecule has 2 aromatic heterocycles. The molecule has 0 unspecified atom stereocenters. The molecule has 0 fully saturated rings. The van der Waals surface area contributed by atoms with Gasteiger partial charge in [0.25, 0.3) is 0 Å². The van der Waals surface area contributed by atoms with E-state index >= 15 is 0 Å². The molecule has 0 aromatic carbocycles. The van der Waals surface area contributed by atoms with Crippen LogP contribution in [-0.4, -0.2) is 14.6 Å². The Hall–Kier alpha value is -1.09. The highest BCUT2D eigenvalue weighted by atomic mass is 35.5. The van der Waals surface area contributed by atoms with E-state index in [1.54, 1.807) is 4.52 Å². The average molecular weight is 196 g/mol. The Labute approximate surface area is 81.4 Å². The third-order valence-electron chi connectivity index (χ3n) is 2.07. The third kappa shape index (κ3) is 1.20. The Morgan fingerprint density at radius 1 is 1.31 bits per heavy atom. The first-order chi connectivity index (χ1) is 6.09. The molecule has 68 valence electrons. The minimum Gasteiger partial charge on any atom is -0.234 e. The van der Waals surface area contributed by atoms with Crippen molar-refractivity contribution in [2.24, 2.45) is 0 Å². The summed E-state index contributed by atoms with van der Waals surface area (Å²) in [5, 5.41) is 4.70. The molecule has 0 saturated carbocycles. The van der Waals surface area contributed by atoms with E-state index in [1.807, 2.05) is 26.8 Å². The van der Waals surface area contributed by atoms with Crippen molar-refractivity contribution in [1.29, 1.82) is 0 Å². The van der Waals surface area contributed by atoms with Gasteiger partial charge in [-0.25, -0.2) is 9.50 Å². The van der Waals surface area contributed by atoms with Crippen LogP contribution in [0.4, 0.5) is 0 Å². The number of hydrogen-bond donors (Lipinski definition) is 0. The van der Waals surface area contributed by atoms with E-state index in [0.29, 0.717) is 5.15 Å². The van der Waals surface area contributed by atoms with Gasteiger partial charge < -0.3 is 0 Å². The van der Waals surface area contributed by atoms with Crippen LogP contribution in [0.2, 0.25) is 5.15 Å². The van der Waals surface area contributed by atoms with E-state index in [2.05, 4.69) is 10.1 Å². The van der Waals surface area contributed by atoms with Gasteiger partial charge in [0, 0.05) is 17.0 Å². The van der Waals surface area contributed by atoms with E-state index in [4.69, 9.17) is 11.6 Å². The first kappa shape index (κ1) is 8.51. The average Bonchev–Trinajstić information content (AvgIpc) is 2.32. The zero-order valence-corrected chi connectivity index (χ0v) is 8.55. The van der Waals surface area contributed by atoms with Crippen molar-refractivity contribution >= 4 is 17.2 Å². The quantitative estimate of drug-likeness (QED) is 0.646. The molecule has 0 aliphatic rings. The molecule has 0 atom stereocenters. The summed E-state index contributed by atoms with van der Waals surface area (Å²) >= 11 is 5.90. The van der Waals surface area contributed by atoms with E-state index < -0.39 is 0 Å². The Bertz CT molecular complexity index is 473. The van der Waals surface area contributed by atoms with Gasteiger partial charge in [-0.3, -0.25) is 0 Å². The van der Waals surface area contributed by atoms with E-state index in [9.17, 15) is 0 Å². The molecule has 0 aliphatic carbocycles. The summed E-state index contributed by atoms with van der Waals surface area (Å²) in [6.45, 7) is 5.88. The van der Waals surface area contributed by atoms with Gasteiger partial charge in [-0.1, -0.05) is 11.6 Å². The van der Waals surface area contributed by atoms with Gasteiger partial charge >= 0.3 is 0 Å². The van der Waals surface area contributed by atoms with Gasteiger partial charge in [0.15, 0.2) is 10.8 Å². The van der Waals surface area contributed by atoms with Gasteiger partial charge in [0.1, 0.15) is 0 Å². The number of rotatable bonds is 0. The molecule has 0 amide bonds. The largest absolute Gasteiger partial charge is 0.234 e. The topological polar surface area (TPSA) is 30.2 Å². The fourth-order valence-electron chi connectivity index (χ4n) is 1.40. The smallest absolute Gasteiger partial charge is 0.159 e. The van der Waals surface area contributed by atoms with Crippen LogP contribution in [0.15, 0.2) is 6.07 Å². The SMILES string of the molecule is Cc1cc(C)n2nc(Cl)c(C)c2n1. The number of halogens is 1. The fourth-order valence-corrected chi connectivity index (χ4v) is 1.56. The highest BCUT2D eigenvalue weighted by Gasteiger charge is 2.09. The van der Waals surface area contributed by atoms with E-state index in [0.717, 1.165) is 22.6 Å². The summed E-state index contributed by atoms with van der Waals surface area (Å²) < 4.78 is 1.77. The minimum absolute atomic E-state index is 0.529. The van der Waals surface area contributed by atoms with Gasteiger partial charge in [-0.2, -0.15) is 5.10 Å². The van der Waals surface area contributed by atoms with Crippen molar-refractivity contribution in [3.63, 3.8) is 0 Å². The summed E-state index contributed by atoms with van der Waals surface area (Å²) in [6.07, 6.45) is 0. The predicted octanol–water partition coefficient (Wildman–Crippen LogP) is 2.31. The van der Waals surface area contributed by atoms with Crippen molar-refractivity contribution in [1.82, 2.24) is 14.6 Å². The molecule has 0 radical (unpaired) electrons. The first-order valence-corrected chi connectivity index (χ1v) is 4.46. The maximum Gasteiger partial charge on any atom is 0.159 e. The standard InChI is InChI=1S/C9H10ClN3/c1-5-4-6(2)13-9(11-5)7(3)8(10)12-13/h4H,1-3H3. The number of hydrogen-bond acceptors (Lipinski definition) is 2. The molecule has 0 saturated heterocycles. The van der Waals surface area contributed by atoms with Crippen LogP contribution < -0.4 is 0 Å². The van der Waals surface area contributed by atoms with Crippen molar-refractivity contribution in [3.8, 4) is 0 Å². The molecule has 3 nitrogen and oxygen atoms in total. The number of fused-ring (bicyclic) bond motifs is 1. The van der Waals surface area contributed by atoms with Crippen LogP contribution in [0.5, 0.6) is 0 Å². The lowest BCUT2D eigenvalue weighted by Crippen LogP contribution is -1.97. The van der Waals surface area contributed by atoms with Gasteiger partial charge in [0.2, 0.25) is 0 Å². The fraction of sp³-hybridized carbons (Fsp3) is 0.333. The molecule has 0 N–H and O–H groups in total. The third-order valence-corrected chi connectivity index (χ3v) is 2.43. The maximum absolute atomic E-state index is 5.90. The molecule has 0 bridgehead atoms. The molecule has 4 heteroatoms. The van der Waals surface area contributed by atoms with Crippen molar-refractivity contribution < 1.29 is 0 Å². The minimum atomic E-state index is 0.529. The van der Waals surface area contributed by atoms with Crippen LogP contribution in [0.25, 0.3) is 5.65 Å². The van der Waals surface area contributed by atoms with Crippen molar-refractivity contribution in [2.75, 3.05) is 0 Å². The van der Waals surface area contributed by atoms with E-state index in [1.165, 1.54) is 0 Å². The Balaban J connectivity index is 2.94. The lowest BCUT2D eigenvalue weighted by Gasteiger charge is -1.99. The van der Waals surface area contributed by atoms with Crippen LogP contribution in [0.3, 0.4) is 0 Å². The highest BCUT2D eigenvalue weighted by Crippen LogP contribution is 2.18. The normalized spacial score (nSPS) is 11.1. The van der Waals surface area contributed by atoms with Crippen molar-refractivity contribution in [3.05, 3.63) is 28.2 Å². The summed E-state index contributed by atoms with van der Waals surface area (Å²) in [7, 11) is 0. The first-order valence-electron chi connectivity index (χ1n) is 4.08. The van der Waals surface area contributed by atoms with Gasteiger partial charge in [-0.05, 0) is 26.8 Å². The van der Waals surface area contributed by atoms with Gasteiger partial charge in [-0.15, -0.1) is 0 Å². The van der Waals surface area contributed by atoms with Crippen molar-refractivity contribution in [2.45, 2.75) is 20.8 Å². The number of nitrogens with zero attached hydrogens (tertiary/aromatic N) is 3. The second kappa shape index (κ2) is 2.70. The maximum atomic E-state index is 5.90. The molecule has 0 aliphatic heterocycles. The lowest BCUT2D eigenvalue weighted by atomic mass is 10.3. The lowest BCUT2D eigenvalue weighted by molar-refractivity contribution is 0.886.